The van der Waals surface area contributed by atoms with Crippen LogP contribution in [0.3, 0.4) is 0 Å². The maximum absolute atomic E-state index is 11.2. The molecule has 0 heterocycles. The quantitative estimate of drug-likeness (QED) is 0.562. The van der Waals surface area contributed by atoms with Gasteiger partial charge in [-0.15, -0.1) is 0 Å². The highest BCUT2D eigenvalue weighted by Crippen LogP contribution is 2.19. The number of methoxy groups -OCH3 is 1. The smallest absolute Gasteiger partial charge is 0.305 e. The summed E-state index contributed by atoms with van der Waals surface area (Å²) in [6.45, 7) is 6.02. The van der Waals surface area contributed by atoms with Gasteiger partial charge in [-0.3, -0.25) is 4.79 Å². The summed E-state index contributed by atoms with van der Waals surface area (Å²) in [5, 5.41) is 21.8. The number of hydrogen-bond donors (Lipinski definition) is 3. The highest BCUT2D eigenvalue weighted by Gasteiger charge is 2.19. The number of hydrogen-bond acceptors (Lipinski definition) is 6. The first kappa shape index (κ1) is 21.2. The van der Waals surface area contributed by atoms with Gasteiger partial charge in [-0.05, 0) is 56.5 Å². The summed E-state index contributed by atoms with van der Waals surface area (Å²) in [7, 11) is 1.38. The predicted octanol–water partition coefficient (Wildman–Crippen LogP) is 2.74. The molecule has 0 aliphatic heterocycles. The van der Waals surface area contributed by atoms with Crippen molar-refractivity contribution < 1.29 is 24.5 Å². The Morgan fingerprint density at radius 2 is 1.80 bits per heavy atom. The lowest BCUT2D eigenvalue weighted by molar-refractivity contribution is -0.142. The van der Waals surface area contributed by atoms with E-state index < -0.39 is 5.60 Å². The minimum Gasteiger partial charge on any atom is -0.469 e. The number of carbonyl (C=O) groups is 1. The van der Waals surface area contributed by atoms with Gasteiger partial charge in [-0.25, -0.2) is 0 Å². The summed E-state index contributed by atoms with van der Waals surface area (Å²) in [4.78, 5) is 11.2. The van der Waals surface area contributed by atoms with Gasteiger partial charge in [0.05, 0.1) is 32.5 Å². The molecule has 3 N–H and O–H groups in total. The van der Waals surface area contributed by atoms with E-state index in [-0.39, 0.29) is 19.2 Å². The first-order valence-corrected chi connectivity index (χ1v) is 8.28. The van der Waals surface area contributed by atoms with Crippen LogP contribution in [0.1, 0.15) is 44.7 Å². The molecule has 0 bridgehead atoms. The molecule has 1 rings (SSSR count). The summed E-state index contributed by atoms with van der Waals surface area (Å²) in [5.74, 6) is -0.242. The fraction of sp³-hybridized carbons (Fsp3) is 0.526. The van der Waals surface area contributed by atoms with E-state index >= 15 is 0 Å². The topological polar surface area (TPSA) is 88.0 Å². The molecule has 6 heteroatoms. The zero-order valence-electron chi connectivity index (χ0n) is 15.5. The average Bonchev–Trinajstić information content (AvgIpc) is 2.58. The van der Waals surface area contributed by atoms with E-state index in [1.54, 1.807) is 6.07 Å². The third-order valence-electron chi connectivity index (χ3n) is 3.78. The summed E-state index contributed by atoms with van der Waals surface area (Å²) < 4.78 is 10.5. The molecule has 0 aromatic heterocycles. The van der Waals surface area contributed by atoms with Gasteiger partial charge < -0.3 is 25.0 Å². The molecule has 0 radical (unpaired) electrons. The number of carbonyl (C=O) groups excluding carboxylic acids is 1. The number of esters is 1. The van der Waals surface area contributed by atoms with Gasteiger partial charge in [0.15, 0.2) is 0 Å². The number of rotatable bonds is 10. The Hall–Kier alpha value is -1.89. The summed E-state index contributed by atoms with van der Waals surface area (Å²) in [6, 6.07) is 5.42. The molecule has 0 amide bonds. The van der Waals surface area contributed by atoms with Crippen LogP contribution < -0.4 is 5.32 Å². The van der Waals surface area contributed by atoms with Crippen molar-refractivity contribution >= 4 is 11.7 Å². The lowest BCUT2D eigenvalue weighted by atomic mass is 10.0. The van der Waals surface area contributed by atoms with Gasteiger partial charge in [0.2, 0.25) is 0 Å². The maximum Gasteiger partial charge on any atom is 0.305 e. The van der Waals surface area contributed by atoms with E-state index in [4.69, 9.17) is 4.74 Å². The lowest BCUT2D eigenvalue weighted by Crippen LogP contribution is -2.26. The maximum atomic E-state index is 11.2. The Morgan fingerprint density at radius 1 is 1.20 bits per heavy atom. The first-order chi connectivity index (χ1) is 11.8. The number of allylic oxidation sites excluding steroid dienone is 1. The van der Waals surface area contributed by atoms with Crippen LogP contribution in [0.15, 0.2) is 30.0 Å². The van der Waals surface area contributed by atoms with Crippen molar-refractivity contribution in [2.75, 3.05) is 19.0 Å². The zero-order valence-corrected chi connectivity index (χ0v) is 15.5. The standard InChI is InChI=1S/C19H29NO5/c1-14(6-8-25-19(2,3)7-5-18(23)24-4)20-17-10-15(12-21)9-16(11-17)13-22/h6,9-11,20-22H,5,7-8,12-13H2,1-4H3/b14-6+. The molecule has 0 atom stereocenters. The van der Waals surface area contributed by atoms with Crippen LogP contribution in [0.5, 0.6) is 0 Å². The lowest BCUT2D eigenvalue weighted by Gasteiger charge is -2.24. The molecule has 0 spiro atoms. The fourth-order valence-electron chi connectivity index (χ4n) is 2.27. The van der Waals surface area contributed by atoms with Gasteiger partial charge in [0, 0.05) is 17.8 Å². The monoisotopic (exact) mass is 351 g/mol. The normalized spacial score (nSPS) is 12.2. The molecular weight excluding hydrogens is 322 g/mol. The minimum absolute atomic E-state index is 0.0806. The molecule has 0 aliphatic carbocycles. The zero-order chi connectivity index (χ0) is 18.9. The second-order valence-corrected chi connectivity index (χ2v) is 6.51. The Morgan fingerprint density at radius 3 is 2.32 bits per heavy atom. The Bertz CT molecular complexity index is 573. The Balaban J connectivity index is 2.57. The van der Waals surface area contributed by atoms with Crippen molar-refractivity contribution in [1.29, 1.82) is 0 Å². The van der Waals surface area contributed by atoms with Crippen LogP contribution >= 0.6 is 0 Å². The van der Waals surface area contributed by atoms with E-state index in [0.717, 1.165) is 22.5 Å². The predicted molar refractivity (Wildman–Crippen MR) is 96.9 cm³/mol. The molecule has 1 aromatic carbocycles. The van der Waals surface area contributed by atoms with Gasteiger partial charge in [-0.2, -0.15) is 0 Å². The van der Waals surface area contributed by atoms with Crippen LogP contribution in [-0.2, 0) is 27.5 Å². The molecule has 0 saturated carbocycles. The second kappa shape index (κ2) is 10.2. The summed E-state index contributed by atoms with van der Waals surface area (Å²) >= 11 is 0. The molecular formula is C19H29NO5. The number of benzene rings is 1. The number of ether oxygens (including phenoxy) is 2. The number of nitrogens with one attached hydrogen (secondary N) is 1. The van der Waals surface area contributed by atoms with E-state index in [1.165, 1.54) is 7.11 Å². The van der Waals surface area contributed by atoms with Crippen LogP contribution in [0.25, 0.3) is 0 Å². The van der Waals surface area contributed by atoms with E-state index in [0.29, 0.717) is 19.4 Å². The third-order valence-corrected chi connectivity index (χ3v) is 3.78. The van der Waals surface area contributed by atoms with Crippen LogP contribution in [0, 0.1) is 0 Å². The van der Waals surface area contributed by atoms with Crippen LogP contribution in [0.2, 0.25) is 0 Å². The molecule has 0 saturated heterocycles. The molecule has 0 unspecified atom stereocenters. The number of anilines is 1. The van der Waals surface area contributed by atoms with Gasteiger partial charge >= 0.3 is 5.97 Å². The fourth-order valence-corrected chi connectivity index (χ4v) is 2.27. The van der Waals surface area contributed by atoms with Crippen LogP contribution in [-0.4, -0.2) is 35.5 Å². The minimum atomic E-state index is -0.425. The van der Waals surface area contributed by atoms with E-state index in [2.05, 4.69) is 10.1 Å². The van der Waals surface area contributed by atoms with Crippen molar-refractivity contribution in [1.82, 2.24) is 0 Å². The number of aliphatic hydroxyl groups excluding tert-OH is 2. The molecule has 25 heavy (non-hydrogen) atoms. The molecule has 0 aliphatic rings. The van der Waals surface area contributed by atoms with Crippen molar-refractivity contribution in [3.63, 3.8) is 0 Å². The van der Waals surface area contributed by atoms with Gasteiger partial charge in [0.25, 0.3) is 0 Å². The molecule has 140 valence electrons. The van der Waals surface area contributed by atoms with Gasteiger partial charge in [0.1, 0.15) is 0 Å². The van der Waals surface area contributed by atoms with Crippen molar-refractivity contribution in [2.24, 2.45) is 0 Å². The first-order valence-electron chi connectivity index (χ1n) is 8.28. The largest absolute Gasteiger partial charge is 0.469 e. The molecule has 0 fully saturated rings. The highest BCUT2D eigenvalue weighted by molar-refractivity contribution is 5.69. The average molecular weight is 351 g/mol. The highest BCUT2D eigenvalue weighted by atomic mass is 16.5. The summed E-state index contributed by atoms with van der Waals surface area (Å²) in [5.41, 5.74) is 2.74. The van der Waals surface area contributed by atoms with Crippen molar-refractivity contribution in [3.8, 4) is 0 Å². The van der Waals surface area contributed by atoms with E-state index in [9.17, 15) is 15.0 Å². The van der Waals surface area contributed by atoms with Crippen molar-refractivity contribution in [3.05, 3.63) is 41.1 Å². The molecule has 6 nitrogen and oxygen atoms in total. The Labute approximate surface area is 149 Å². The Kier molecular flexibility index (Phi) is 8.61. The number of aliphatic hydroxyl groups is 2. The SMILES string of the molecule is COC(=O)CCC(C)(C)OC/C=C(\C)Nc1cc(CO)cc(CO)c1. The summed E-state index contributed by atoms with van der Waals surface area (Å²) in [6.07, 6.45) is 2.81. The van der Waals surface area contributed by atoms with Crippen LogP contribution in [0.4, 0.5) is 5.69 Å². The van der Waals surface area contributed by atoms with Crippen molar-refractivity contribution in [2.45, 2.75) is 52.4 Å². The van der Waals surface area contributed by atoms with Gasteiger partial charge in [-0.1, -0.05) is 6.07 Å². The molecule has 1 aromatic rings. The second-order valence-electron chi connectivity index (χ2n) is 6.51. The van der Waals surface area contributed by atoms with E-state index in [1.807, 2.05) is 39.0 Å². The third kappa shape index (κ3) is 8.16.